The minimum atomic E-state index is -0.491. The van der Waals surface area contributed by atoms with Crippen LogP contribution in [-0.2, 0) is 16.1 Å². The summed E-state index contributed by atoms with van der Waals surface area (Å²) in [5.41, 5.74) is 2.08. The van der Waals surface area contributed by atoms with E-state index in [2.05, 4.69) is 0 Å². The number of carbonyl (C=O) groups excluding carboxylic acids is 2. The minimum Gasteiger partial charge on any atom is -0.362 e. The summed E-state index contributed by atoms with van der Waals surface area (Å²) in [5, 5.41) is 11.0. The van der Waals surface area contributed by atoms with E-state index < -0.39 is 4.92 Å². The van der Waals surface area contributed by atoms with Crippen molar-refractivity contribution < 1.29 is 14.5 Å². The number of likely N-dealkylation sites (N-methyl/N-ethyl adjacent to an activating group) is 1. The molecular formula is C22H23N3O4. The van der Waals surface area contributed by atoms with Crippen LogP contribution in [0.3, 0.4) is 0 Å². The first-order chi connectivity index (χ1) is 13.8. The standard InChI is InChI=1S/C22H23N3O4/c1-4-23(14-16-8-6-5-7-9-16)20-19(21(26)24(15(2)3)22(20)27)17-10-12-18(13-11-17)25(28)29/h5-13,15H,4,14H2,1-3H3. The van der Waals surface area contributed by atoms with Gasteiger partial charge in [0, 0.05) is 31.3 Å². The van der Waals surface area contributed by atoms with Crippen LogP contribution in [0.25, 0.3) is 5.57 Å². The number of rotatable bonds is 7. The van der Waals surface area contributed by atoms with Crippen molar-refractivity contribution in [1.29, 1.82) is 0 Å². The number of hydrogen-bond donors (Lipinski definition) is 0. The topological polar surface area (TPSA) is 83.8 Å². The maximum Gasteiger partial charge on any atom is 0.278 e. The van der Waals surface area contributed by atoms with Gasteiger partial charge in [-0.3, -0.25) is 24.6 Å². The molecule has 0 atom stereocenters. The van der Waals surface area contributed by atoms with E-state index >= 15 is 0 Å². The molecule has 7 heteroatoms. The van der Waals surface area contributed by atoms with Gasteiger partial charge in [-0.05, 0) is 44.0 Å². The van der Waals surface area contributed by atoms with E-state index in [9.17, 15) is 19.7 Å². The zero-order valence-electron chi connectivity index (χ0n) is 16.7. The van der Waals surface area contributed by atoms with E-state index in [1.807, 2.05) is 42.2 Å². The van der Waals surface area contributed by atoms with Crippen LogP contribution in [0.4, 0.5) is 5.69 Å². The van der Waals surface area contributed by atoms with Crippen molar-refractivity contribution in [2.45, 2.75) is 33.4 Å². The zero-order valence-corrected chi connectivity index (χ0v) is 16.7. The largest absolute Gasteiger partial charge is 0.362 e. The quantitative estimate of drug-likeness (QED) is 0.408. The third kappa shape index (κ3) is 3.89. The first-order valence-corrected chi connectivity index (χ1v) is 9.51. The van der Waals surface area contributed by atoms with Crippen LogP contribution in [0.1, 0.15) is 31.9 Å². The van der Waals surface area contributed by atoms with Crippen molar-refractivity contribution in [3.8, 4) is 0 Å². The molecule has 29 heavy (non-hydrogen) atoms. The molecule has 1 aliphatic rings. The highest BCUT2D eigenvalue weighted by molar-refractivity contribution is 6.35. The number of hydrogen-bond acceptors (Lipinski definition) is 5. The van der Waals surface area contributed by atoms with Crippen molar-refractivity contribution in [2.75, 3.05) is 6.54 Å². The van der Waals surface area contributed by atoms with Gasteiger partial charge in [0.15, 0.2) is 0 Å². The predicted molar refractivity (Wildman–Crippen MR) is 110 cm³/mol. The van der Waals surface area contributed by atoms with E-state index in [4.69, 9.17) is 0 Å². The van der Waals surface area contributed by atoms with E-state index in [0.717, 1.165) is 5.56 Å². The molecule has 0 aliphatic carbocycles. The molecule has 0 saturated carbocycles. The second kappa shape index (κ2) is 8.26. The van der Waals surface area contributed by atoms with Crippen LogP contribution < -0.4 is 0 Å². The summed E-state index contributed by atoms with van der Waals surface area (Å²) in [4.78, 5) is 40.0. The molecule has 2 amide bonds. The molecule has 0 aromatic heterocycles. The molecule has 0 saturated heterocycles. The minimum absolute atomic E-state index is 0.0648. The van der Waals surface area contributed by atoms with Gasteiger partial charge in [0.05, 0.1) is 10.5 Å². The van der Waals surface area contributed by atoms with Crippen LogP contribution in [0, 0.1) is 10.1 Å². The van der Waals surface area contributed by atoms with Crippen LogP contribution in [0.5, 0.6) is 0 Å². The van der Waals surface area contributed by atoms with Crippen molar-refractivity contribution >= 4 is 23.1 Å². The third-order valence-electron chi connectivity index (χ3n) is 4.89. The molecule has 0 bridgehead atoms. The predicted octanol–water partition coefficient (Wildman–Crippen LogP) is 3.61. The Kier molecular flexibility index (Phi) is 5.77. The van der Waals surface area contributed by atoms with Gasteiger partial charge in [0.2, 0.25) is 0 Å². The van der Waals surface area contributed by atoms with Crippen molar-refractivity contribution in [3.05, 3.63) is 81.5 Å². The molecule has 0 unspecified atom stereocenters. The highest BCUT2D eigenvalue weighted by Crippen LogP contribution is 2.34. The zero-order chi connectivity index (χ0) is 21.1. The third-order valence-corrected chi connectivity index (χ3v) is 4.89. The fourth-order valence-electron chi connectivity index (χ4n) is 3.46. The van der Waals surface area contributed by atoms with Gasteiger partial charge >= 0.3 is 0 Å². The molecule has 1 heterocycles. The summed E-state index contributed by atoms with van der Waals surface area (Å²) in [5.74, 6) is -0.712. The number of nitro benzene ring substituents is 1. The fourth-order valence-corrected chi connectivity index (χ4v) is 3.46. The summed E-state index contributed by atoms with van der Waals surface area (Å²) < 4.78 is 0. The number of nitro groups is 1. The van der Waals surface area contributed by atoms with E-state index in [1.165, 1.54) is 29.2 Å². The summed E-state index contributed by atoms with van der Waals surface area (Å²) in [6.45, 7) is 6.53. The molecule has 3 rings (SSSR count). The summed E-state index contributed by atoms with van der Waals surface area (Å²) in [7, 11) is 0. The SMILES string of the molecule is CCN(Cc1ccccc1)C1=C(c2ccc([N+](=O)[O-])cc2)C(=O)N(C(C)C)C1=O. The lowest BCUT2D eigenvalue weighted by atomic mass is 10.0. The normalized spacial score (nSPS) is 14.1. The summed E-state index contributed by atoms with van der Waals surface area (Å²) in [6.07, 6.45) is 0. The first kappa shape index (κ1) is 20.3. The second-order valence-electron chi connectivity index (χ2n) is 7.10. The van der Waals surface area contributed by atoms with Crippen LogP contribution in [0.15, 0.2) is 60.3 Å². The maximum atomic E-state index is 13.2. The molecule has 0 N–H and O–H groups in total. The molecule has 2 aromatic carbocycles. The number of non-ortho nitro benzene ring substituents is 1. The number of carbonyl (C=O) groups is 2. The van der Waals surface area contributed by atoms with Crippen LogP contribution in [0.2, 0.25) is 0 Å². The van der Waals surface area contributed by atoms with Crippen LogP contribution >= 0.6 is 0 Å². The van der Waals surface area contributed by atoms with Crippen molar-refractivity contribution in [3.63, 3.8) is 0 Å². The van der Waals surface area contributed by atoms with Gasteiger partial charge in [-0.2, -0.15) is 0 Å². The molecule has 0 spiro atoms. The second-order valence-corrected chi connectivity index (χ2v) is 7.10. The fraction of sp³-hybridized carbons (Fsp3) is 0.273. The van der Waals surface area contributed by atoms with E-state index in [0.29, 0.717) is 24.4 Å². The number of nitrogens with zero attached hydrogens (tertiary/aromatic N) is 3. The summed E-state index contributed by atoms with van der Waals surface area (Å²) in [6, 6.07) is 15.2. The van der Waals surface area contributed by atoms with Crippen LogP contribution in [-0.4, -0.2) is 39.1 Å². The molecule has 2 aromatic rings. The van der Waals surface area contributed by atoms with E-state index in [1.54, 1.807) is 13.8 Å². The van der Waals surface area contributed by atoms with Gasteiger partial charge < -0.3 is 4.90 Å². The average Bonchev–Trinajstić information content (AvgIpc) is 2.97. The number of imide groups is 1. The lowest BCUT2D eigenvalue weighted by Gasteiger charge is -2.25. The number of amides is 2. The lowest BCUT2D eigenvalue weighted by Crippen LogP contribution is -2.39. The molecule has 7 nitrogen and oxygen atoms in total. The van der Waals surface area contributed by atoms with E-state index in [-0.39, 0.29) is 29.1 Å². The Morgan fingerprint density at radius 1 is 1.00 bits per heavy atom. The Bertz CT molecular complexity index is 965. The molecule has 150 valence electrons. The Labute approximate surface area is 169 Å². The van der Waals surface area contributed by atoms with Crippen molar-refractivity contribution in [1.82, 2.24) is 9.80 Å². The summed E-state index contributed by atoms with van der Waals surface area (Å²) >= 11 is 0. The molecular weight excluding hydrogens is 370 g/mol. The average molecular weight is 393 g/mol. The Morgan fingerprint density at radius 3 is 2.14 bits per heavy atom. The Morgan fingerprint density at radius 2 is 1.62 bits per heavy atom. The highest BCUT2D eigenvalue weighted by Gasteiger charge is 2.42. The number of benzene rings is 2. The highest BCUT2D eigenvalue weighted by atomic mass is 16.6. The maximum absolute atomic E-state index is 13.2. The molecule has 0 radical (unpaired) electrons. The lowest BCUT2D eigenvalue weighted by molar-refractivity contribution is -0.384. The Hall–Kier alpha value is -3.48. The smallest absolute Gasteiger partial charge is 0.278 e. The van der Waals surface area contributed by atoms with Gasteiger partial charge in [-0.15, -0.1) is 0 Å². The first-order valence-electron chi connectivity index (χ1n) is 9.51. The van der Waals surface area contributed by atoms with Crippen molar-refractivity contribution in [2.24, 2.45) is 0 Å². The van der Waals surface area contributed by atoms with Gasteiger partial charge in [-0.1, -0.05) is 30.3 Å². The van der Waals surface area contributed by atoms with Gasteiger partial charge in [0.1, 0.15) is 5.70 Å². The van der Waals surface area contributed by atoms with Gasteiger partial charge in [-0.25, -0.2) is 0 Å². The monoisotopic (exact) mass is 393 g/mol. The Balaban J connectivity index is 2.10. The molecule has 1 aliphatic heterocycles. The molecule has 0 fully saturated rings. The van der Waals surface area contributed by atoms with Gasteiger partial charge in [0.25, 0.3) is 17.5 Å².